The molecule has 2 rings (SSSR count). The molecule has 0 radical (unpaired) electrons. The van der Waals surface area contributed by atoms with Crippen molar-refractivity contribution < 1.29 is 14.3 Å². The largest absolute Gasteiger partial charge is 0.493 e. The van der Waals surface area contributed by atoms with E-state index in [0.717, 1.165) is 10.0 Å². The minimum Gasteiger partial charge on any atom is -0.493 e. The molecule has 0 fully saturated rings. The zero-order valence-electron chi connectivity index (χ0n) is 11.2. The van der Waals surface area contributed by atoms with Gasteiger partial charge < -0.3 is 15.2 Å². The molecule has 2 N–H and O–H groups in total. The number of methoxy groups -OCH3 is 1. The van der Waals surface area contributed by atoms with Crippen LogP contribution < -0.4 is 15.2 Å². The zero-order chi connectivity index (χ0) is 15.4. The van der Waals surface area contributed by atoms with E-state index >= 15 is 0 Å². The highest BCUT2D eigenvalue weighted by Crippen LogP contribution is 2.36. The molecule has 0 spiro atoms. The number of amides is 1. The van der Waals surface area contributed by atoms with Crippen LogP contribution in [0.2, 0.25) is 5.02 Å². The molecule has 0 atom stereocenters. The predicted octanol–water partition coefficient (Wildman–Crippen LogP) is 3.79. The third-order valence-corrected chi connectivity index (χ3v) is 3.62. The van der Waals surface area contributed by atoms with Crippen molar-refractivity contribution in [2.24, 2.45) is 5.73 Å². The molecular weight excluding hydrogens is 358 g/mol. The Balaban J connectivity index is 2.23. The number of benzene rings is 2. The summed E-state index contributed by atoms with van der Waals surface area (Å²) in [5.41, 5.74) is 6.49. The summed E-state index contributed by atoms with van der Waals surface area (Å²) in [4.78, 5) is 11.2. The maximum Gasteiger partial charge on any atom is 0.248 e. The molecule has 0 bridgehead atoms. The summed E-state index contributed by atoms with van der Waals surface area (Å²) < 4.78 is 11.9. The molecule has 1 amide bonds. The maximum absolute atomic E-state index is 11.2. The Bertz CT molecular complexity index is 659. The number of carbonyl (C=O) groups excluding carboxylic acids is 1. The first-order chi connectivity index (χ1) is 10.0. The monoisotopic (exact) mass is 369 g/mol. The van der Waals surface area contributed by atoms with E-state index in [1.54, 1.807) is 0 Å². The average Bonchev–Trinajstić information content (AvgIpc) is 2.46. The molecule has 0 unspecified atom stereocenters. The summed E-state index contributed by atoms with van der Waals surface area (Å²) in [6.07, 6.45) is 0. The van der Waals surface area contributed by atoms with Gasteiger partial charge >= 0.3 is 0 Å². The zero-order valence-corrected chi connectivity index (χ0v) is 13.6. The first kappa shape index (κ1) is 15.7. The van der Waals surface area contributed by atoms with Crippen molar-refractivity contribution >= 4 is 33.4 Å². The molecule has 0 aliphatic rings. The number of ether oxygens (including phenoxy) is 2. The molecular formula is C15H13BrClNO3. The maximum atomic E-state index is 11.2. The van der Waals surface area contributed by atoms with E-state index in [2.05, 4.69) is 15.9 Å². The van der Waals surface area contributed by atoms with E-state index in [1.807, 2.05) is 24.3 Å². The molecule has 0 aliphatic carbocycles. The molecule has 2 aromatic carbocycles. The van der Waals surface area contributed by atoms with Gasteiger partial charge in [-0.25, -0.2) is 0 Å². The van der Waals surface area contributed by atoms with Crippen molar-refractivity contribution in [3.8, 4) is 11.5 Å². The average molecular weight is 371 g/mol. The van der Waals surface area contributed by atoms with Crippen molar-refractivity contribution in [3.63, 3.8) is 0 Å². The lowest BCUT2D eigenvalue weighted by molar-refractivity contribution is 0.1000. The van der Waals surface area contributed by atoms with Gasteiger partial charge in [0, 0.05) is 10.0 Å². The van der Waals surface area contributed by atoms with Gasteiger partial charge in [0.2, 0.25) is 5.91 Å². The second kappa shape index (κ2) is 6.83. The molecule has 0 saturated carbocycles. The first-order valence-electron chi connectivity index (χ1n) is 6.06. The molecule has 4 nitrogen and oxygen atoms in total. The molecule has 0 saturated heterocycles. The van der Waals surface area contributed by atoms with Crippen LogP contribution >= 0.6 is 27.5 Å². The van der Waals surface area contributed by atoms with Crippen LogP contribution in [-0.4, -0.2) is 13.0 Å². The smallest absolute Gasteiger partial charge is 0.248 e. The number of carbonyl (C=O) groups is 1. The lowest BCUT2D eigenvalue weighted by atomic mass is 10.2. The second-order valence-corrected chi connectivity index (χ2v) is 5.59. The molecule has 2 aromatic rings. The van der Waals surface area contributed by atoms with Crippen LogP contribution in [0.1, 0.15) is 15.9 Å². The fourth-order valence-corrected chi connectivity index (χ4v) is 2.27. The van der Waals surface area contributed by atoms with E-state index in [0.29, 0.717) is 18.1 Å². The van der Waals surface area contributed by atoms with Gasteiger partial charge in [-0.1, -0.05) is 39.7 Å². The Kier molecular flexibility index (Phi) is 5.09. The first-order valence-corrected chi connectivity index (χ1v) is 7.23. The van der Waals surface area contributed by atoms with Crippen LogP contribution in [0.3, 0.4) is 0 Å². The summed E-state index contributed by atoms with van der Waals surface area (Å²) >= 11 is 9.50. The molecule has 0 aromatic heterocycles. The van der Waals surface area contributed by atoms with Crippen molar-refractivity contribution in [2.75, 3.05) is 7.11 Å². The molecule has 21 heavy (non-hydrogen) atoms. The van der Waals surface area contributed by atoms with Gasteiger partial charge in [0.1, 0.15) is 6.61 Å². The van der Waals surface area contributed by atoms with Crippen LogP contribution in [0.5, 0.6) is 11.5 Å². The highest BCUT2D eigenvalue weighted by Gasteiger charge is 2.14. The van der Waals surface area contributed by atoms with Crippen LogP contribution in [-0.2, 0) is 6.61 Å². The van der Waals surface area contributed by atoms with E-state index in [1.165, 1.54) is 19.2 Å². The van der Waals surface area contributed by atoms with Crippen LogP contribution in [0, 0.1) is 0 Å². The third kappa shape index (κ3) is 3.89. The summed E-state index contributed by atoms with van der Waals surface area (Å²) in [5, 5.41) is 0.278. The van der Waals surface area contributed by atoms with Gasteiger partial charge in [0.25, 0.3) is 0 Å². The topological polar surface area (TPSA) is 61.5 Å². The lowest BCUT2D eigenvalue weighted by Crippen LogP contribution is -2.11. The Labute approximate surface area is 135 Å². The minimum absolute atomic E-state index is 0.271. The van der Waals surface area contributed by atoms with Crippen LogP contribution in [0.25, 0.3) is 0 Å². The highest BCUT2D eigenvalue weighted by molar-refractivity contribution is 9.10. The van der Waals surface area contributed by atoms with E-state index in [9.17, 15) is 4.79 Å². The summed E-state index contributed by atoms with van der Waals surface area (Å²) in [5.74, 6) is 0.176. The number of primary amides is 1. The third-order valence-electron chi connectivity index (χ3n) is 2.81. The van der Waals surface area contributed by atoms with E-state index in [-0.39, 0.29) is 10.6 Å². The lowest BCUT2D eigenvalue weighted by Gasteiger charge is -2.13. The van der Waals surface area contributed by atoms with Crippen molar-refractivity contribution in [3.05, 3.63) is 57.0 Å². The molecule has 0 aliphatic heterocycles. The Morgan fingerprint density at radius 3 is 2.52 bits per heavy atom. The molecule has 0 heterocycles. The van der Waals surface area contributed by atoms with Crippen molar-refractivity contribution in [1.82, 2.24) is 0 Å². The fourth-order valence-electron chi connectivity index (χ4n) is 1.74. The second-order valence-electron chi connectivity index (χ2n) is 4.27. The Morgan fingerprint density at radius 2 is 1.95 bits per heavy atom. The number of hydrogen-bond donors (Lipinski definition) is 1. The predicted molar refractivity (Wildman–Crippen MR) is 85.0 cm³/mol. The Hall–Kier alpha value is -1.72. The fraction of sp³-hybridized carbons (Fsp3) is 0.133. The van der Waals surface area contributed by atoms with Gasteiger partial charge in [0.05, 0.1) is 12.1 Å². The molecule has 110 valence electrons. The Morgan fingerprint density at radius 1 is 1.29 bits per heavy atom. The number of hydrogen-bond acceptors (Lipinski definition) is 3. The van der Waals surface area contributed by atoms with Crippen molar-refractivity contribution in [2.45, 2.75) is 6.61 Å². The summed E-state index contributed by atoms with van der Waals surface area (Å²) in [7, 11) is 1.48. The van der Waals surface area contributed by atoms with Gasteiger partial charge in [-0.2, -0.15) is 0 Å². The number of rotatable bonds is 5. The number of nitrogens with two attached hydrogens (primary N) is 1. The van der Waals surface area contributed by atoms with Crippen LogP contribution in [0.4, 0.5) is 0 Å². The van der Waals surface area contributed by atoms with E-state index in [4.69, 9.17) is 26.8 Å². The van der Waals surface area contributed by atoms with Gasteiger partial charge in [-0.3, -0.25) is 4.79 Å². The van der Waals surface area contributed by atoms with Crippen molar-refractivity contribution in [1.29, 1.82) is 0 Å². The van der Waals surface area contributed by atoms with Gasteiger partial charge in [0.15, 0.2) is 11.5 Å². The van der Waals surface area contributed by atoms with Gasteiger partial charge in [-0.15, -0.1) is 0 Å². The number of halogens is 2. The van der Waals surface area contributed by atoms with E-state index < -0.39 is 5.91 Å². The quantitative estimate of drug-likeness (QED) is 0.871. The minimum atomic E-state index is -0.574. The molecule has 6 heteroatoms. The summed E-state index contributed by atoms with van der Waals surface area (Å²) in [6.45, 7) is 0.333. The standard InChI is InChI=1S/C15H13BrClNO3/c1-20-13-7-10(15(18)19)6-12(17)14(13)21-8-9-2-4-11(16)5-3-9/h2-7H,8H2,1H3,(H2,18,19). The van der Waals surface area contributed by atoms with Crippen LogP contribution in [0.15, 0.2) is 40.9 Å². The summed E-state index contributed by atoms with van der Waals surface area (Å²) in [6, 6.07) is 10.7. The normalized spacial score (nSPS) is 10.2. The highest BCUT2D eigenvalue weighted by atomic mass is 79.9. The van der Waals surface area contributed by atoms with Gasteiger partial charge in [-0.05, 0) is 29.8 Å². The SMILES string of the molecule is COc1cc(C(N)=O)cc(Cl)c1OCc1ccc(Br)cc1.